The van der Waals surface area contributed by atoms with Gasteiger partial charge in [-0.2, -0.15) is 5.10 Å². The van der Waals surface area contributed by atoms with Crippen LogP contribution in [0.1, 0.15) is 37.7 Å². The molecule has 0 aliphatic carbocycles. The first kappa shape index (κ1) is 15.2. The van der Waals surface area contributed by atoms with E-state index in [0.29, 0.717) is 6.04 Å². The molecule has 18 heavy (non-hydrogen) atoms. The Balaban J connectivity index is 2.70. The number of hydrogen-bond donors (Lipinski definition) is 1. The summed E-state index contributed by atoms with van der Waals surface area (Å²) < 4.78 is 7.68. The maximum absolute atomic E-state index is 5.73. The second kappa shape index (κ2) is 6.90. The molecule has 0 aliphatic heterocycles. The van der Waals surface area contributed by atoms with Gasteiger partial charge in [-0.1, -0.05) is 6.92 Å². The molecule has 4 nitrogen and oxygen atoms in total. The van der Waals surface area contributed by atoms with E-state index in [2.05, 4.69) is 45.0 Å². The van der Waals surface area contributed by atoms with Gasteiger partial charge in [0.15, 0.2) is 0 Å². The van der Waals surface area contributed by atoms with Gasteiger partial charge in [0.25, 0.3) is 0 Å². The molecule has 0 saturated heterocycles. The van der Waals surface area contributed by atoms with Gasteiger partial charge >= 0.3 is 0 Å². The number of aryl methyl sites for hydroxylation is 2. The molecule has 0 saturated carbocycles. The second-order valence-electron chi connectivity index (χ2n) is 5.11. The van der Waals surface area contributed by atoms with Crippen LogP contribution < -0.4 is 5.32 Å². The van der Waals surface area contributed by atoms with E-state index >= 15 is 0 Å². The Bertz CT molecular complexity index is 371. The SMILES string of the molecule is CCNC(COC(C)C)Cc1c(C)nn(C)c1C. The minimum atomic E-state index is 0.280. The van der Waals surface area contributed by atoms with Crippen molar-refractivity contribution in [2.75, 3.05) is 13.2 Å². The first-order chi connectivity index (χ1) is 8.45. The van der Waals surface area contributed by atoms with Gasteiger partial charge in [0.2, 0.25) is 0 Å². The predicted octanol–water partition coefficient (Wildman–Crippen LogP) is 1.98. The third-order valence-electron chi connectivity index (χ3n) is 3.23. The molecule has 0 aromatic carbocycles. The number of ether oxygens (including phenoxy) is 1. The Morgan fingerprint density at radius 3 is 2.44 bits per heavy atom. The lowest BCUT2D eigenvalue weighted by Gasteiger charge is -2.19. The Morgan fingerprint density at radius 1 is 1.33 bits per heavy atom. The zero-order chi connectivity index (χ0) is 13.7. The Morgan fingerprint density at radius 2 is 2.00 bits per heavy atom. The molecule has 1 aromatic heterocycles. The molecule has 1 N–H and O–H groups in total. The van der Waals surface area contributed by atoms with E-state index in [1.54, 1.807) is 0 Å². The third-order valence-corrected chi connectivity index (χ3v) is 3.23. The number of likely N-dealkylation sites (N-methyl/N-ethyl adjacent to an activating group) is 1. The van der Waals surface area contributed by atoms with Gasteiger partial charge < -0.3 is 10.1 Å². The summed E-state index contributed by atoms with van der Waals surface area (Å²) in [5, 5.41) is 7.96. The van der Waals surface area contributed by atoms with Crippen LogP contribution in [0, 0.1) is 13.8 Å². The highest BCUT2D eigenvalue weighted by molar-refractivity contribution is 5.25. The zero-order valence-electron chi connectivity index (χ0n) is 12.6. The normalized spacial score (nSPS) is 13.3. The molecule has 0 fully saturated rings. The Labute approximate surface area is 111 Å². The minimum Gasteiger partial charge on any atom is -0.377 e. The van der Waals surface area contributed by atoms with Crippen molar-refractivity contribution < 1.29 is 4.74 Å². The van der Waals surface area contributed by atoms with E-state index in [1.807, 2.05) is 11.7 Å². The fourth-order valence-corrected chi connectivity index (χ4v) is 2.15. The van der Waals surface area contributed by atoms with Crippen molar-refractivity contribution in [3.8, 4) is 0 Å². The minimum absolute atomic E-state index is 0.280. The lowest BCUT2D eigenvalue weighted by molar-refractivity contribution is 0.0615. The number of hydrogen-bond acceptors (Lipinski definition) is 3. The zero-order valence-corrected chi connectivity index (χ0v) is 12.6. The molecular weight excluding hydrogens is 226 g/mol. The topological polar surface area (TPSA) is 39.1 Å². The summed E-state index contributed by atoms with van der Waals surface area (Å²) >= 11 is 0. The largest absolute Gasteiger partial charge is 0.377 e. The first-order valence-corrected chi connectivity index (χ1v) is 6.79. The lowest BCUT2D eigenvalue weighted by atomic mass is 10.0. The van der Waals surface area contributed by atoms with Crippen LogP contribution in [0.3, 0.4) is 0 Å². The highest BCUT2D eigenvalue weighted by Crippen LogP contribution is 2.14. The number of rotatable bonds is 7. The highest BCUT2D eigenvalue weighted by atomic mass is 16.5. The maximum Gasteiger partial charge on any atom is 0.0628 e. The van der Waals surface area contributed by atoms with Gasteiger partial charge in [0.1, 0.15) is 0 Å². The second-order valence-corrected chi connectivity index (χ2v) is 5.11. The average Bonchev–Trinajstić information content (AvgIpc) is 2.53. The molecule has 1 atom stereocenters. The van der Waals surface area contributed by atoms with Crippen molar-refractivity contribution in [1.29, 1.82) is 0 Å². The molecule has 1 aromatic rings. The monoisotopic (exact) mass is 253 g/mol. The van der Waals surface area contributed by atoms with Crippen LogP contribution >= 0.6 is 0 Å². The Kier molecular flexibility index (Phi) is 5.82. The van der Waals surface area contributed by atoms with Crippen LogP contribution in [0.2, 0.25) is 0 Å². The van der Waals surface area contributed by atoms with Crippen molar-refractivity contribution in [2.45, 2.75) is 53.2 Å². The summed E-state index contributed by atoms with van der Waals surface area (Å²) in [6, 6.07) is 0.360. The molecule has 104 valence electrons. The first-order valence-electron chi connectivity index (χ1n) is 6.79. The predicted molar refractivity (Wildman–Crippen MR) is 74.9 cm³/mol. The number of nitrogens with zero attached hydrogens (tertiary/aromatic N) is 2. The van der Waals surface area contributed by atoms with Gasteiger partial charge in [-0.25, -0.2) is 0 Å². The molecule has 4 heteroatoms. The van der Waals surface area contributed by atoms with Crippen LogP contribution in [0.25, 0.3) is 0 Å². The van der Waals surface area contributed by atoms with Crippen molar-refractivity contribution in [3.05, 3.63) is 17.0 Å². The standard InChI is InChI=1S/C14H27N3O/c1-7-15-13(9-18-10(2)3)8-14-11(4)16-17(6)12(14)5/h10,13,15H,7-9H2,1-6H3. The number of aromatic nitrogens is 2. The number of nitrogens with one attached hydrogen (secondary N) is 1. The summed E-state index contributed by atoms with van der Waals surface area (Å²) in [7, 11) is 2.00. The Hall–Kier alpha value is -0.870. The van der Waals surface area contributed by atoms with Crippen molar-refractivity contribution in [2.24, 2.45) is 7.05 Å². The van der Waals surface area contributed by atoms with Crippen molar-refractivity contribution in [3.63, 3.8) is 0 Å². The average molecular weight is 253 g/mol. The highest BCUT2D eigenvalue weighted by Gasteiger charge is 2.16. The van der Waals surface area contributed by atoms with E-state index in [1.165, 1.54) is 11.3 Å². The van der Waals surface area contributed by atoms with Crippen LogP contribution in [-0.2, 0) is 18.2 Å². The summed E-state index contributed by atoms with van der Waals surface area (Å²) in [6.07, 6.45) is 1.26. The van der Waals surface area contributed by atoms with Crippen molar-refractivity contribution in [1.82, 2.24) is 15.1 Å². The maximum atomic E-state index is 5.73. The van der Waals surface area contributed by atoms with Gasteiger partial charge in [-0.15, -0.1) is 0 Å². The molecule has 0 amide bonds. The summed E-state index contributed by atoms with van der Waals surface area (Å²) in [5.41, 5.74) is 3.72. The molecule has 1 heterocycles. The quantitative estimate of drug-likeness (QED) is 0.807. The van der Waals surface area contributed by atoms with E-state index in [4.69, 9.17) is 4.74 Å². The van der Waals surface area contributed by atoms with Crippen molar-refractivity contribution >= 4 is 0 Å². The van der Waals surface area contributed by atoms with E-state index in [0.717, 1.165) is 25.3 Å². The fraction of sp³-hybridized carbons (Fsp3) is 0.786. The molecule has 0 spiro atoms. The summed E-state index contributed by atoms with van der Waals surface area (Å²) in [5.74, 6) is 0. The van der Waals surface area contributed by atoms with Crippen LogP contribution in [0.15, 0.2) is 0 Å². The van der Waals surface area contributed by atoms with Crippen LogP contribution in [-0.4, -0.2) is 35.1 Å². The van der Waals surface area contributed by atoms with E-state index < -0.39 is 0 Å². The molecule has 1 unspecified atom stereocenters. The van der Waals surface area contributed by atoms with Crippen LogP contribution in [0.4, 0.5) is 0 Å². The molecule has 1 rings (SSSR count). The lowest BCUT2D eigenvalue weighted by Crippen LogP contribution is -2.36. The fourth-order valence-electron chi connectivity index (χ4n) is 2.15. The van der Waals surface area contributed by atoms with Gasteiger partial charge in [0, 0.05) is 18.8 Å². The van der Waals surface area contributed by atoms with Gasteiger partial charge in [-0.05, 0) is 46.2 Å². The van der Waals surface area contributed by atoms with E-state index in [9.17, 15) is 0 Å². The van der Waals surface area contributed by atoms with E-state index in [-0.39, 0.29) is 6.10 Å². The van der Waals surface area contributed by atoms with Gasteiger partial charge in [-0.3, -0.25) is 4.68 Å². The molecule has 0 radical (unpaired) electrons. The third kappa shape index (κ3) is 4.10. The molecule has 0 bridgehead atoms. The van der Waals surface area contributed by atoms with Gasteiger partial charge in [0.05, 0.1) is 18.4 Å². The smallest absolute Gasteiger partial charge is 0.0628 e. The van der Waals surface area contributed by atoms with Crippen LogP contribution in [0.5, 0.6) is 0 Å². The summed E-state index contributed by atoms with van der Waals surface area (Å²) in [4.78, 5) is 0. The molecule has 0 aliphatic rings. The molecular formula is C14H27N3O. The summed E-state index contributed by atoms with van der Waals surface area (Å²) in [6.45, 7) is 12.2.